The molecule has 0 spiro atoms. The van der Waals surface area contributed by atoms with Crippen LogP contribution >= 0.6 is 15.9 Å². The average molecular weight is 645 g/mol. The number of nitrogens with zero attached hydrogens (tertiary/aromatic N) is 2. The molecule has 0 fully saturated rings. The van der Waals surface area contributed by atoms with E-state index in [0.717, 1.165) is 32.7 Å². The summed E-state index contributed by atoms with van der Waals surface area (Å²) in [4.78, 5) is 28.5. The summed E-state index contributed by atoms with van der Waals surface area (Å²) in [6, 6.07) is 19.7. The SMILES string of the molecule is CCCCNC(=O)[C@@H](C)N(Cc1ccc(C)cc1)C(=O)CN(c1ccc(OCC)cc1)S(=O)(=O)c1ccc(Br)cc1. The van der Waals surface area contributed by atoms with E-state index in [4.69, 9.17) is 4.74 Å². The van der Waals surface area contributed by atoms with Crippen LogP contribution in [0.1, 0.15) is 44.7 Å². The van der Waals surface area contributed by atoms with Crippen molar-refractivity contribution in [3.63, 3.8) is 0 Å². The van der Waals surface area contributed by atoms with Gasteiger partial charge in [0.1, 0.15) is 18.3 Å². The Morgan fingerprint density at radius 3 is 2.17 bits per heavy atom. The third kappa shape index (κ3) is 8.81. The second kappa shape index (κ2) is 15.0. The molecule has 41 heavy (non-hydrogen) atoms. The number of carbonyl (C=O) groups excluding carboxylic acids is 2. The second-order valence-electron chi connectivity index (χ2n) is 9.72. The number of sulfonamides is 1. The first-order valence-electron chi connectivity index (χ1n) is 13.7. The minimum absolute atomic E-state index is 0.0397. The zero-order valence-corrected chi connectivity index (χ0v) is 26.4. The van der Waals surface area contributed by atoms with Gasteiger partial charge in [-0.2, -0.15) is 0 Å². The fourth-order valence-electron chi connectivity index (χ4n) is 4.15. The van der Waals surface area contributed by atoms with Gasteiger partial charge in [0.15, 0.2) is 0 Å². The summed E-state index contributed by atoms with van der Waals surface area (Å²) in [7, 11) is -4.14. The van der Waals surface area contributed by atoms with E-state index in [-0.39, 0.29) is 17.3 Å². The zero-order chi connectivity index (χ0) is 30.0. The lowest BCUT2D eigenvalue weighted by Gasteiger charge is -2.32. The van der Waals surface area contributed by atoms with Crippen molar-refractivity contribution in [2.24, 2.45) is 0 Å². The zero-order valence-electron chi connectivity index (χ0n) is 24.0. The van der Waals surface area contributed by atoms with Crippen LogP contribution < -0.4 is 14.4 Å². The summed E-state index contributed by atoms with van der Waals surface area (Å²) < 4.78 is 35.2. The lowest BCUT2D eigenvalue weighted by atomic mass is 10.1. The van der Waals surface area contributed by atoms with E-state index in [1.54, 1.807) is 43.3 Å². The van der Waals surface area contributed by atoms with E-state index in [0.29, 0.717) is 24.6 Å². The molecule has 0 aliphatic carbocycles. The quantitative estimate of drug-likeness (QED) is 0.228. The number of anilines is 1. The summed E-state index contributed by atoms with van der Waals surface area (Å²) in [6.45, 7) is 8.15. The number of unbranched alkanes of at least 4 members (excludes halogenated alkanes) is 1. The summed E-state index contributed by atoms with van der Waals surface area (Å²) in [5.74, 6) is -0.206. The Bertz CT molecular complexity index is 1400. The van der Waals surface area contributed by atoms with Crippen LogP contribution in [0.2, 0.25) is 0 Å². The highest BCUT2D eigenvalue weighted by atomic mass is 79.9. The molecule has 3 aromatic rings. The molecule has 0 saturated heterocycles. The normalized spacial score (nSPS) is 11.9. The van der Waals surface area contributed by atoms with E-state index in [1.807, 2.05) is 45.0 Å². The second-order valence-corrected chi connectivity index (χ2v) is 12.5. The van der Waals surface area contributed by atoms with E-state index in [9.17, 15) is 18.0 Å². The first kappa shape index (κ1) is 32.1. The molecule has 10 heteroatoms. The largest absolute Gasteiger partial charge is 0.494 e. The van der Waals surface area contributed by atoms with Crippen LogP contribution in [-0.4, -0.2) is 50.9 Å². The van der Waals surface area contributed by atoms with Crippen molar-refractivity contribution in [1.29, 1.82) is 0 Å². The fraction of sp³-hybridized carbons (Fsp3) is 0.355. The predicted molar refractivity (Wildman–Crippen MR) is 165 cm³/mol. The molecule has 3 rings (SSSR count). The monoisotopic (exact) mass is 643 g/mol. The molecule has 0 heterocycles. The third-order valence-corrected chi connectivity index (χ3v) is 8.90. The lowest BCUT2D eigenvalue weighted by molar-refractivity contribution is -0.139. The number of carbonyl (C=O) groups is 2. The minimum Gasteiger partial charge on any atom is -0.494 e. The van der Waals surface area contributed by atoms with Crippen molar-refractivity contribution >= 4 is 43.5 Å². The van der Waals surface area contributed by atoms with Gasteiger partial charge >= 0.3 is 0 Å². The first-order valence-corrected chi connectivity index (χ1v) is 15.9. The number of aryl methyl sites for hydroxylation is 1. The predicted octanol–water partition coefficient (Wildman–Crippen LogP) is 5.69. The molecule has 0 unspecified atom stereocenters. The van der Waals surface area contributed by atoms with Gasteiger partial charge in [0.05, 0.1) is 17.2 Å². The highest BCUT2D eigenvalue weighted by Gasteiger charge is 2.32. The standard InChI is InChI=1S/C31H38BrN3O5S/c1-5-7-20-33-31(37)24(4)34(21-25-10-8-23(3)9-11-25)30(36)22-35(27-14-16-28(17-15-27)40-6-2)41(38,39)29-18-12-26(32)13-19-29/h8-19,24H,5-7,20-22H2,1-4H3,(H,33,37)/t24-/m1/s1. The first-order chi connectivity index (χ1) is 19.6. The van der Waals surface area contributed by atoms with Gasteiger partial charge in [-0.05, 0) is 81.3 Å². The van der Waals surface area contributed by atoms with Gasteiger partial charge in [-0.15, -0.1) is 0 Å². The van der Waals surface area contributed by atoms with Gasteiger partial charge in [0, 0.05) is 17.6 Å². The van der Waals surface area contributed by atoms with Crippen LogP contribution in [0.15, 0.2) is 82.2 Å². The summed E-state index contributed by atoms with van der Waals surface area (Å²) in [6.07, 6.45) is 1.74. The molecular weight excluding hydrogens is 606 g/mol. The molecule has 0 radical (unpaired) electrons. The van der Waals surface area contributed by atoms with Crippen molar-refractivity contribution in [2.45, 2.75) is 58.0 Å². The summed E-state index contributed by atoms with van der Waals surface area (Å²) in [5, 5.41) is 2.90. The number of ether oxygens (including phenoxy) is 1. The molecule has 1 N–H and O–H groups in total. The Morgan fingerprint density at radius 1 is 0.951 bits per heavy atom. The number of benzene rings is 3. The number of hydrogen-bond donors (Lipinski definition) is 1. The van der Waals surface area contributed by atoms with Crippen LogP contribution in [-0.2, 0) is 26.2 Å². The molecule has 3 aromatic carbocycles. The molecule has 0 bridgehead atoms. The molecule has 2 amide bonds. The fourth-order valence-corrected chi connectivity index (χ4v) is 5.83. The Labute approximate surface area is 251 Å². The van der Waals surface area contributed by atoms with Crippen molar-refractivity contribution in [3.8, 4) is 5.75 Å². The van der Waals surface area contributed by atoms with Crippen LogP contribution in [0.4, 0.5) is 5.69 Å². The maximum atomic E-state index is 14.0. The van der Waals surface area contributed by atoms with Gasteiger partial charge in [0.2, 0.25) is 11.8 Å². The smallest absolute Gasteiger partial charge is 0.264 e. The maximum absolute atomic E-state index is 14.0. The van der Waals surface area contributed by atoms with Gasteiger partial charge < -0.3 is 15.0 Å². The lowest BCUT2D eigenvalue weighted by Crippen LogP contribution is -2.51. The van der Waals surface area contributed by atoms with Crippen LogP contribution in [0.3, 0.4) is 0 Å². The van der Waals surface area contributed by atoms with E-state index in [1.165, 1.54) is 17.0 Å². The van der Waals surface area contributed by atoms with E-state index >= 15 is 0 Å². The highest BCUT2D eigenvalue weighted by Crippen LogP contribution is 2.27. The van der Waals surface area contributed by atoms with Gasteiger partial charge in [0.25, 0.3) is 10.0 Å². The maximum Gasteiger partial charge on any atom is 0.264 e. The minimum atomic E-state index is -4.14. The molecule has 0 aromatic heterocycles. The van der Waals surface area contributed by atoms with Crippen molar-refractivity contribution in [1.82, 2.24) is 10.2 Å². The Kier molecular flexibility index (Phi) is 11.8. The van der Waals surface area contributed by atoms with Crippen LogP contribution in [0.25, 0.3) is 0 Å². The third-order valence-electron chi connectivity index (χ3n) is 6.59. The topological polar surface area (TPSA) is 96.0 Å². The molecule has 0 saturated carbocycles. The van der Waals surface area contributed by atoms with E-state index in [2.05, 4.69) is 21.2 Å². The molecule has 8 nitrogen and oxygen atoms in total. The van der Waals surface area contributed by atoms with Gasteiger partial charge in [-0.1, -0.05) is 59.1 Å². The number of hydrogen-bond acceptors (Lipinski definition) is 5. The van der Waals surface area contributed by atoms with Crippen molar-refractivity contribution < 1.29 is 22.7 Å². The van der Waals surface area contributed by atoms with E-state index < -0.39 is 28.5 Å². The summed E-state index contributed by atoms with van der Waals surface area (Å²) in [5.41, 5.74) is 2.21. The van der Waals surface area contributed by atoms with Crippen molar-refractivity contribution in [2.75, 3.05) is 24.0 Å². The average Bonchev–Trinajstić information content (AvgIpc) is 2.96. The summed E-state index contributed by atoms with van der Waals surface area (Å²) >= 11 is 3.34. The van der Waals surface area contributed by atoms with Gasteiger partial charge in [-0.25, -0.2) is 8.42 Å². The highest BCUT2D eigenvalue weighted by molar-refractivity contribution is 9.10. The Balaban J connectivity index is 2.00. The Morgan fingerprint density at radius 2 is 1.59 bits per heavy atom. The number of amides is 2. The Hall–Kier alpha value is -3.37. The van der Waals surface area contributed by atoms with Crippen molar-refractivity contribution in [3.05, 3.63) is 88.4 Å². The molecule has 0 aliphatic rings. The molecule has 0 aliphatic heterocycles. The number of nitrogens with one attached hydrogen (secondary N) is 1. The number of halogens is 1. The van der Waals surface area contributed by atoms with Crippen LogP contribution in [0.5, 0.6) is 5.75 Å². The van der Waals surface area contributed by atoms with Gasteiger partial charge in [-0.3, -0.25) is 13.9 Å². The number of rotatable bonds is 14. The van der Waals surface area contributed by atoms with Crippen LogP contribution in [0, 0.1) is 6.92 Å². The molecular formula is C31H38BrN3O5S. The molecule has 220 valence electrons. The molecule has 1 atom stereocenters.